The van der Waals surface area contributed by atoms with Crippen LogP contribution >= 0.6 is 0 Å². The number of hydrogen-bond acceptors (Lipinski definition) is 2. The van der Waals surface area contributed by atoms with Crippen LogP contribution in [0, 0.1) is 0 Å². The number of carbonyl (C=O) groups excluding carboxylic acids is 1. The zero-order valence-corrected chi connectivity index (χ0v) is 19.2. The molecule has 0 aliphatic heterocycles. The fourth-order valence-corrected chi connectivity index (χ4v) is 10.9. The van der Waals surface area contributed by atoms with Crippen LogP contribution in [0.3, 0.4) is 0 Å². The second kappa shape index (κ2) is 12.2. The van der Waals surface area contributed by atoms with Gasteiger partial charge in [0.1, 0.15) is 0 Å². The summed E-state index contributed by atoms with van der Waals surface area (Å²) in [6.45, 7) is 4.48. The van der Waals surface area contributed by atoms with E-state index in [1.54, 1.807) is 0 Å². The van der Waals surface area contributed by atoms with Gasteiger partial charge < -0.3 is 9.90 Å². The Morgan fingerprint density at radius 2 is 0.964 bits per heavy atom. The van der Waals surface area contributed by atoms with Crippen molar-refractivity contribution in [1.82, 2.24) is 0 Å². The van der Waals surface area contributed by atoms with E-state index < -0.39 is 25.7 Å². The Labute approximate surface area is 175 Å². The summed E-state index contributed by atoms with van der Waals surface area (Å²) >= 11 is -1.56. The van der Waals surface area contributed by atoms with Crippen molar-refractivity contribution in [3.05, 3.63) is 120 Å². The van der Waals surface area contributed by atoms with Gasteiger partial charge in [0.15, 0.2) is 0 Å². The fraction of sp³-hybridized carbons (Fsp3) is 0.160. The Bertz CT molecular complexity index is 735. The van der Waals surface area contributed by atoms with E-state index in [4.69, 9.17) is 0 Å². The summed E-state index contributed by atoms with van der Waals surface area (Å²) in [7, 11) is 0. The Morgan fingerprint density at radius 1 is 0.714 bits per heavy atom. The zero-order chi connectivity index (χ0) is 20.2. The topological polar surface area (TPSA) is 40.1 Å². The molecular weight excluding hydrogens is 451 g/mol. The monoisotopic (exact) mass is 478 g/mol. The molecule has 0 saturated heterocycles. The van der Waals surface area contributed by atoms with Crippen LogP contribution in [0.25, 0.3) is 0 Å². The van der Waals surface area contributed by atoms with E-state index in [0.717, 1.165) is 0 Å². The Kier molecular flexibility index (Phi) is 9.56. The number of benzene rings is 3. The number of aliphatic carboxylic acids is 1. The van der Waals surface area contributed by atoms with Crippen LogP contribution in [0.1, 0.15) is 23.6 Å². The van der Waals surface area contributed by atoms with Crippen molar-refractivity contribution in [3.8, 4) is 0 Å². The second-order valence-electron chi connectivity index (χ2n) is 6.80. The second-order valence-corrected chi connectivity index (χ2v) is 14.1. The molecule has 0 unspecified atom stereocenters. The van der Waals surface area contributed by atoms with Crippen molar-refractivity contribution < 1.29 is 9.90 Å². The molecule has 28 heavy (non-hydrogen) atoms. The maximum atomic E-state index is 9.49. The average Bonchev–Trinajstić information content (AvgIpc) is 2.71. The van der Waals surface area contributed by atoms with Crippen molar-refractivity contribution in [2.45, 2.75) is 20.2 Å². The molecule has 0 aromatic heterocycles. The SMILES string of the molecule is C=C(C)C(=O)[O-].c1ccc([CH2][Sn+]([CH2]c2ccccc2)[CH2]c2ccccc2)cc1. The molecule has 142 valence electrons. The van der Waals surface area contributed by atoms with Crippen LogP contribution in [0.5, 0.6) is 0 Å². The van der Waals surface area contributed by atoms with Crippen LogP contribution in [-0.2, 0) is 18.1 Å². The number of carboxylic acid groups (broad SMARTS) is 1. The molecule has 0 heterocycles. The molecule has 3 rings (SSSR count). The summed E-state index contributed by atoms with van der Waals surface area (Å²) in [5.74, 6) is -1.19. The molecule has 0 spiro atoms. The number of carbonyl (C=O) groups is 1. The van der Waals surface area contributed by atoms with Crippen molar-refractivity contribution >= 4 is 25.7 Å². The van der Waals surface area contributed by atoms with Crippen molar-refractivity contribution in [2.24, 2.45) is 0 Å². The average molecular weight is 477 g/mol. The van der Waals surface area contributed by atoms with E-state index in [1.165, 1.54) is 36.9 Å². The van der Waals surface area contributed by atoms with Crippen LogP contribution in [0.4, 0.5) is 0 Å². The first-order valence-electron chi connectivity index (χ1n) is 9.37. The molecule has 0 aliphatic rings. The summed E-state index contributed by atoms with van der Waals surface area (Å²) in [6, 6.07) is 33.1. The van der Waals surface area contributed by atoms with Crippen LogP contribution in [0.15, 0.2) is 103 Å². The minimum absolute atomic E-state index is 0.0648. The van der Waals surface area contributed by atoms with Crippen molar-refractivity contribution in [1.29, 1.82) is 0 Å². The molecule has 0 N–H and O–H groups in total. The molecule has 0 aliphatic carbocycles. The predicted octanol–water partition coefficient (Wildman–Crippen LogP) is 4.14. The van der Waals surface area contributed by atoms with E-state index in [0.29, 0.717) is 0 Å². The first-order chi connectivity index (χ1) is 13.5. The van der Waals surface area contributed by atoms with E-state index in [-0.39, 0.29) is 5.57 Å². The van der Waals surface area contributed by atoms with Gasteiger partial charge in [-0.15, -0.1) is 0 Å². The Balaban J connectivity index is 0.000000409. The van der Waals surface area contributed by atoms with Gasteiger partial charge in [-0.1, -0.05) is 6.58 Å². The van der Waals surface area contributed by atoms with Gasteiger partial charge in [0.2, 0.25) is 0 Å². The van der Waals surface area contributed by atoms with Crippen molar-refractivity contribution in [3.63, 3.8) is 0 Å². The summed E-state index contributed by atoms with van der Waals surface area (Å²) in [5, 5.41) is 9.49. The maximum absolute atomic E-state index is 9.49. The molecule has 0 atom stereocenters. The van der Waals surface area contributed by atoms with Gasteiger partial charge in [0.25, 0.3) is 0 Å². The summed E-state index contributed by atoms with van der Waals surface area (Å²) in [6.07, 6.45) is 0. The van der Waals surface area contributed by atoms with Gasteiger partial charge in [-0.05, 0) is 12.5 Å². The normalized spacial score (nSPS) is 9.75. The van der Waals surface area contributed by atoms with E-state index in [1.807, 2.05) is 0 Å². The van der Waals surface area contributed by atoms with Crippen LogP contribution < -0.4 is 5.11 Å². The fourth-order valence-electron chi connectivity index (χ4n) is 2.84. The van der Waals surface area contributed by atoms with Crippen molar-refractivity contribution in [2.75, 3.05) is 0 Å². The Hall–Kier alpha value is -2.33. The third-order valence-electron chi connectivity index (χ3n) is 4.24. The minimum atomic E-state index is -1.56. The Morgan fingerprint density at radius 3 is 1.18 bits per heavy atom. The molecule has 3 aromatic rings. The molecule has 3 aromatic carbocycles. The molecule has 0 fully saturated rings. The molecular formula is C25H26O2Sn. The van der Waals surface area contributed by atoms with Gasteiger partial charge in [-0.25, -0.2) is 0 Å². The van der Waals surface area contributed by atoms with Gasteiger partial charge in [-0.2, -0.15) is 0 Å². The summed E-state index contributed by atoms with van der Waals surface area (Å²) < 4.78 is 3.98. The van der Waals surface area contributed by atoms with Gasteiger partial charge in [0.05, 0.1) is 5.97 Å². The van der Waals surface area contributed by atoms with E-state index in [9.17, 15) is 9.90 Å². The van der Waals surface area contributed by atoms with Gasteiger partial charge in [-0.3, -0.25) is 0 Å². The third kappa shape index (κ3) is 8.57. The molecule has 0 saturated carbocycles. The van der Waals surface area contributed by atoms with Gasteiger partial charge >= 0.3 is 141 Å². The number of rotatable bonds is 7. The van der Waals surface area contributed by atoms with E-state index >= 15 is 0 Å². The van der Waals surface area contributed by atoms with Crippen LogP contribution in [-0.4, -0.2) is 25.7 Å². The molecule has 3 heteroatoms. The predicted molar refractivity (Wildman–Crippen MR) is 116 cm³/mol. The summed E-state index contributed by atoms with van der Waals surface area (Å²) in [4.78, 5) is 9.49. The summed E-state index contributed by atoms with van der Waals surface area (Å²) in [5.41, 5.74) is 4.62. The molecule has 0 amide bonds. The van der Waals surface area contributed by atoms with Crippen LogP contribution in [0.2, 0.25) is 0 Å². The first-order valence-corrected chi connectivity index (χ1v) is 15.4. The molecule has 2 nitrogen and oxygen atoms in total. The first kappa shape index (κ1) is 22.0. The number of hydrogen-bond donors (Lipinski definition) is 0. The third-order valence-corrected chi connectivity index (χ3v) is 12.0. The van der Waals surface area contributed by atoms with E-state index in [2.05, 4.69) is 97.6 Å². The van der Waals surface area contributed by atoms with Gasteiger partial charge in [0, 0.05) is 0 Å². The standard InChI is InChI=1S/3C7H7.C4H6O2.Sn/c3*1-7-5-3-2-4-6-7;1-3(2)4(5)6;/h3*2-6H,1H2;1H2,2H3,(H,5,6);/q;;;;+1/p-1. The molecule has 0 radical (unpaired) electrons. The molecule has 0 bridgehead atoms. The quantitative estimate of drug-likeness (QED) is 0.379. The zero-order valence-electron chi connectivity index (χ0n) is 16.3. The number of carboxylic acids is 1.